The smallest absolute Gasteiger partial charge is 0.234 e. The lowest BCUT2D eigenvalue weighted by atomic mass is 9.83. The number of rotatable bonds is 4. The van der Waals surface area contributed by atoms with Crippen molar-refractivity contribution in [2.24, 2.45) is 0 Å². The van der Waals surface area contributed by atoms with Crippen LogP contribution in [0, 0.1) is 18.3 Å². The molecule has 0 spiro atoms. The number of hydrogen-bond acceptors (Lipinski definition) is 5. The third-order valence-corrected chi connectivity index (χ3v) is 6.55. The summed E-state index contributed by atoms with van der Waals surface area (Å²) in [6, 6.07) is 12.5. The van der Waals surface area contributed by atoms with Gasteiger partial charge in [-0.05, 0) is 44.4 Å². The lowest BCUT2D eigenvalue weighted by Gasteiger charge is -2.32. The highest BCUT2D eigenvalue weighted by atomic mass is 32.2. The summed E-state index contributed by atoms with van der Waals surface area (Å²) in [6.45, 7) is 3.91. The molecule has 6 nitrogen and oxygen atoms in total. The van der Waals surface area contributed by atoms with Crippen molar-refractivity contribution in [3.63, 3.8) is 0 Å². The van der Waals surface area contributed by atoms with E-state index in [1.54, 1.807) is 0 Å². The first kappa shape index (κ1) is 18.8. The number of carbonyl (C=O) groups excluding carboxylic acids is 1. The summed E-state index contributed by atoms with van der Waals surface area (Å²) in [5.41, 5.74) is 2.22. The normalized spacial score (nSPS) is 17.3. The minimum atomic E-state index is -0.721. The van der Waals surface area contributed by atoms with Crippen LogP contribution in [0.25, 0.3) is 16.6 Å². The molecular weight excluding hydrogens is 370 g/mol. The number of hydrogen-bond donors (Lipinski definition) is 1. The quantitative estimate of drug-likeness (QED) is 0.677. The Hall–Kier alpha value is -2.59. The van der Waals surface area contributed by atoms with Gasteiger partial charge in [-0.3, -0.25) is 9.20 Å². The first-order chi connectivity index (χ1) is 13.5. The van der Waals surface area contributed by atoms with Gasteiger partial charge in [0.15, 0.2) is 10.8 Å². The molecule has 1 N–H and O–H groups in total. The van der Waals surface area contributed by atoms with Crippen LogP contribution in [0.15, 0.2) is 35.5 Å². The van der Waals surface area contributed by atoms with E-state index in [9.17, 15) is 10.1 Å². The number of nitrogens with zero attached hydrogens (tertiary/aromatic N) is 4. The number of pyridine rings is 1. The fourth-order valence-electron chi connectivity index (χ4n) is 3.92. The number of aromatic nitrogens is 3. The van der Waals surface area contributed by atoms with Crippen LogP contribution in [0.5, 0.6) is 0 Å². The van der Waals surface area contributed by atoms with Gasteiger partial charge in [0.25, 0.3) is 0 Å². The highest BCUT2D eigenvalue weighted by Crippen LogP contribution is 2.30. The summed E-state index contributed by atoms with van der Waals surface area (Å²) < 4.78 is 2.00. The molecule has 0 saturated heterocycles. The fourth-order valence-corrected chi connectivity index (χ4v) is 4.79. The molecule has 2 heterocycles. The van der Waals surface area contributed by atoms with Crippen LogP contribution < -0.4 is 5.32 Å². The molecule has 2 aromatic heterocycles. The zero-order valence-corrected chi connectivity index (χ0v) is 16.9. The number of para-hydroxylation sites is 1. The van der Waals surface area contributed by atoms with Crippen molar-refractivity contribution < 1.29 is 4.79 Å². The zero-order valence-electron chi connectivity index (χ0n) is 16.1. The molecule has 1 unspecified atom stereocenters. The van der Waals surface area contributed by atoms with Gasteiger partial charge in [-0.1, -0.05) is 49.2 Å². The van der Waals surface area contributed by atoms with Crippen LogP contribution in [0.2, 0.25) is 0 Å². The Morgan fingerprint density at radius 3 is 2.79 bits per heavy atom. The number of aryl methyl sites for hydroxylation is 1. The summed E-state index contributed by atoms with van der Waals surface area (Å²) in [7, 11) is 0. The standard InChI is InChI=1S/C21H23N5OS/c1-14-12-18-24-25-20(26(18)17-9-5-4-8-16(14)17)28-15(2)19(27)23-21(13-22)10-6-3-7-11-21/h4-5,8-9,12,15H,3,6-7,10-11H2,1-2H3,(H,23,27). The van der Waals surface area contributed by atoms with E-state index in [1.807, 2.05) is 35.6 Å². The maximum atomic E-state index is 12.8. The van der Waals surface area contributed by atoms with Crippen LogP contribution in [-0.2, 0) is 4.79 Å². The van der Waals surface area contributed by atoms with E-state index in [4.69, 9.17) is 0 Å². The van der Waals surface area contributed by atoms with E-state index >= 15 is 0 Å². The van der Waals surface area contributed by atoms with E-state index < -0.39 is 5.54 Å². The SMILES string of the molecule is Cc1cc2nnc(SC(C)C(=O)NC3(C#N)CCCCC3)n2c2ccccc12. The van der Waals surface area contributed by atoms with Crippen LogP contribution in [-0.4, -0.2) is 31.3 Å². The van der Waals surface area contributed by atoms with Gasteiger partial charge in [0.1, 0.15) is 5.54 Å². The molecule has 1 fully saturated rings. The summed E-state index contributed by atoms with van der Waals surface area (Å²) >= 11 is 1.37. The van der Waals surface area contributed by atoms with E-state index in [0.717, 1.165) is 54.2 Å². The Kier molecular flexibility index (Phi) is 4.98. The molecule has 7 heteroatoms. The number of fused-ring (bicyclic) bond motifs is 3. The maximum absolute atomic E-state index is 12.8. The molecule has 144 valence electrons. The number of nitrogens with one attached hydrogen (secondary N) is 1. The molecule has 4 rings (SSSR count). The van der Waals surface area contributed by atoms with Crippen molar-refractivity contribution in [2.45, 2.75) is 61.9 Å². The predicted octanol–water partition coefficient (Wildman–Crippen LogP) is 4.01. The van der Waals surface area contributed by atoms with E-state index in [1.165, 1.54) is 11.8 Å². The molecular formula is C21H23N5OS. The molecule has 0 radical (unpaired) electrons. The van der Waals surface area contributed by atoms with Gasteiger partial charge in [-0.15, -0.1) is 10.2 Å². The van der Waals surface area contributed by atoms with Gasteiger partial charge >= 0.3 is 0 Å². The minimum absolute atomic E-state index is 0.124. The number of carbonyl (C=O) groups is 1. The zero-order chi connectivity index (χ0) is 19.7. The second kappa shape index (κ2) is 7.44. The van der Waals surface area contributed by atoms with Gasteiger partial charge in [0.05, 0.1) is 16.8 Å². The first-order valence-electron chi connectivity index (χ1n) is 9.66. The molecule has 3 aromatic rings. The van der Waals surface area contributed by atoms with Gasteiger partial charge < -0.3 is 5.32 Å². The molecule has 1 aromatic carbocycles. The molecule has 0 aliphatic heterocycles. The average Bonchev–Trinajstić information content (AvgIpc) is 3.11. The van der Waals surface area contributed by atoms with Crippen molar-refractivity contribution >= 4 is 34.2 Å². The van der Waals surface area contributed by atoms with Gasteiger partial charge in [-0.25, -0.2) is 0 Å². The lowest BCUT2D eigenvalue weighted by molar-refractivity contribution is -0.121. The summed E-state index contributed by atoms with van der Waals surface area (Å²) in [5.74, 6) is -0.124. The highest BCUT2D eigenvalue weighted by molar-refractivity contribution is 8.00. The molecule has 1 saturated carbocycles. The largest absolute Gasteiger partial charge is 0.337 e. The minimum Gasteiger partial charge on any atom is -0.337 e. The first-order valence-corrected chi connectivity index (χ1v) is 10.5. The van der Waals surface area contributed by atoms with Crippen molar-refractivity contribution in [2.75, 3.05) is 0 Å². The summed E-state index contributed by atoms with van der Waals surface area (Å²) in [5, 5.41) is 22.7. The van der Waals surface area contributed by atoms with Crippen LogP contribution in [0.4, 0.5) is 0 Å². The second-order valence-electron chi connectivity index (χ2n) is 7.52. The summed E-state index contributed by atoms with van der Waals surface area (Å²) in [6.07, 6.45) is 4.54. The Morgan fingerprint density at radius 2 is 2.04 bits per heavy atom. The number of nitriles is 1. The van der Waals surface area contributed by atoms with E-state index in [-0.39, 0.29) is 11.2 Å². The number of benzene rings is 1. The van der Waals surface area contributed by atoms with Crippen molar-refractivity contribution in [3.8, 4) is 6.07 Å². The maximum Gasteiger partial charge on any atom is 0.234 e. The lowest BCUT2D eigenvalue weighted by Crippen LogP contribution is -2.50. The number of thioether (sulfide) groups is 1. The predicted molar refractivity (Wildman–Crippen MR) is 110 cm³/mol. The van der Waals surface area contributed by atoms with Crippen molar-refractivity contribution in [3.05, 3.63) is 35.9 Å². The Balaban J connectivity index is 1.60. The van der Waals surface area contributed by atoms with E-state index in [0.29, 0.717) is 5.16 Å². The van der Waals surface area contributed by atoms with Crippen molar-refractivity contribution in [1.29, 1.82) is 5.26 Å². The number of amides is 1. The molecule has 1 amide bonds. The Labute approximate surface area is 168 Å². The summed E-state index contributed by atoms with van der Waals surface area (Å²) in [4.78, 5) is 12.8. The Bertz CT molecular complexity index is 1080. The average molecular weight is 394 g/mol. The molecule has 1 atom stereocenters. The van der Waals surface area contributed by atoms with Gasteiger partial charge in [-0.2, -0.15) is 5.26 Å². The third kappa shape index (κ3) is 3.33. The molecule has 1 aliphatic rings. The monoisotopic (exact) mass is 393 g/mol. The second-order valence-corrected chi connectivity index (χ2v) is 8.83. The molecule has 28 heavy (non-hydrogen) atoms. The van der Waals surface area contributed by atoms with Gasteiger partial charge in [0, 0.05) is 5.39 Å². The third-order valence-electron chi connectivity index (χ3n) is 5.51. The molecule has 0 bridgehead atoms. The van der Waals surface area contributed by atoms with Crippen LogP contribution in [0.1, 0.15) is 44.6 Å². The Morgan fingerprint density at radius 1 is 1.29 bits per heavy atom. The topological polar surface area (TPSA) is 83.1 Å². The van der Waals surface area contributed by atoms with Crippen LogP contribution in [0.3, 0.4) is 0 Å². The van der Waals surface area contributed by atoms with Crippen LogP contribution >= 0.6 is 11.8 Å². The fraction of sp³-hybridized carbons (Fsp3) is 0.429. The van der Waals surface area contributed by atoms with E-state index in [2.05, 4.69) is 34.6 Å². The molecule has 1 aliphatic carbocycles. The highest BCUT2D eigenvalue weighted by Gasteiger charge is 2.35. The van der Waals surface area contributed by atoms with Crippen molar-refractivity contribution in [1.82, 2.24) is 19.9 Å². The van der Waals surface area contributed by atoms with Gasteiger partial charge in [0.2, 0.25) is 5.91 Å².